The zero-order chi connectivity index (χ0) is 17.6. The SMILES string of the molecule is CCN1CCC[C@@H](CNC(=O)N(C)Cc2noc(C3CCCC3)n2)C1. The normalized spacial score (nSPS) is 22.2. The highest BCUT2D eigenvalue weighted by molar-refractivity contribution is 5.73. The zero-order valence-corrected chi connectivity index (χ0v) is 15.5. The van der Waals surface area contributed by atoms with Crippen molar-refractivity contribution in [2.45, 2.75) is 57.9 Å². The standard InChI is InChI=1S/C18H31N5O2/c1-3-23-10-6-7-14(12-23)11-19-18(24)22(2)13-16-20-17(25-21-16)15-8-4-5-9-15/h14-15H,3-13H2,1-2H3,(H,19,24)/t14-/m0/s1. The summed E-state index contributed by atoms with van der Waals surface area (Å²) < 4.78 is 5.38. The van der Waals surface area contributed by atoms with Crippen molar-refractivity contribution in [1.29, 1.82) is 0 Å². The molecule has 25 heavy (non-hydrogen) atoms. The molecule has 7 nitrogen and oxygen atoms in total. The minimum Gasteiger partial charge on any atom is -0.339 e. The van der Waals surface area contributed by atoms with E-state index in [9.17, 15) is 4.79 Å². The molecule has 0 spiro atoms. The quantitative estimate of drug-likeness (QED) is 0.854. The van der Waals surface area contributed by atoms with Gasteiger partial charge in [-0.25, -0.2) is 4.79 Å². The van der Waals surface area contributed by atoms with Gasteiger partial charge in [-0.3, -0.25) is 0 Å². The summed E-state index contributed by atoms with van der Waals surface area (Å²) in [4.78, 5) is 20.9. The molecule has 1 aromatic rings. The maximum absolute atomic E-state index is 12.3. The number of nitrogens with zero attached hydrogens (tertiary/aromatic N) is 4. The van der Waals surface area contributed by atoms with E-state index < -0.39 is 0 Å². The van der Waals surface area contributed by atoms with Crippen molar-refractivity contribution in [2.24, 2.45) is 5.92 Å². The molecule has 1 aromatic heterocycles. The Hall–Kier alpha value is -1.63. The van der Waals surface area contributed by atoms with Crippen LogP contribution in [0.5, 0.6) is 0 Å². The second-order valence-corrected chi connectivity index (χ2v) is 7.47. The number of amides is 2. The third kappa shape index (κ3) is 4.93. The molecular weight excluding hydrogens is 318 g/mol. The molecule has 2 fully saturated rings. The lowest BCUT2D eigenvalue weighted by Crippen LogP contribution is -2.44. The van der Waals surface area contributed by atoms with Gasteiger partial charge in [-0.1, -0.05) is 24.9 Å². The Balaban J connectivity index is 1.43. The largest absolute Gasteiger partial charge is 0.339 e. The van der Waals surface area contributed by atoms with E-state index in [0.717, 1.165) is 38.4 Å². The van der Waals surface area contributed by atoms with Gasteiger partial charge in [-0.2, -0.15) is 4.98 Å². The molecule has 0 bridgehead atoms. The molecule has 1 aliphatic carbocycles. The number of carbonyl (C=O) groups excluding carboxylic acids is 1. The van der Waals surface area contributed by atoms with Crippen molar-refractivity contribution < 1.29 is 9.32 Å². The third-order valence-electron chi connectivity index (χ3n) is 5.51. The predicted molar refractivity (Wildman–Crippen MR) is 95.2 cm³/mol. The van der Waals surface area contributed by atoms with Gasteiger partial charge < -0.3 is 19.6 Å². The van der Waals surface area contributed by atoms with E-state index in [1.807, 2.05) is 0 Å². The highest BCUT2D eigenvalue weighted by Gasteiger charge is 2.24. The van der Waals surface area contributed by atoms with Gasteiger partial charge in [0.05, 0.1) is 6.54 Å². The number of aromatic nitrogens is 2. The number of likely N-dealkylation sites (tertiary alicyclic amines) is 1. The third-order valence-corrected chi connectivity index (χ3v) is 5.51. The van der Waals surface area contributed by atoms with Crippen LogP contribution >= 0.6 is 0 Å². The molecule has 2 heterocycles. The highest BCUT2D eigenvalue weighted by atomic mass is 16.5. The van der Waals surface area contributed by atoms with Crippen molar-refractivity contribution in [3.63, 3.8) is 0 Å². The first kappa shape index (κ1) is 18.2. The fraction of sp³-hybridized carbons (Fsp3) is 0.833. The van der Waals surface area contributed by atoms with Crippen LogP contribution in [0.15, 0.2) is 4.52 Å². The number of carbonyl (C=O) groups is 1. The van der Waals surface area contributed by atoms with Crippen LogP contribution in [-0.4, -0.2) is 59.2 Å². The van der Waals surface area contributed by atoms with Crippen LogP contribution in [0, 0.1) is 5.92 Å². The van der Waals surface area contributed by atoms with Crippen LogP contribution in [0.4, 0.5) is 4.79 Å². The maximum Gasteiger partial charge on any atom is 0.317 e. The van der Waals surface area contributed by atoms with E-state index in [2.05, 4.69) is 27.3 Å². The lowest BCUT2D eigenvalue weighted by molar-refractivity contribution is 0.172. The van der Waals surface area contributed by atoms with E-state index in [1.54, 1.807) is 11.9 Å². The van der Waals surface area contributed by atoms with Gasteiger partial charge in [0.25, 0.3) is 0 Å². The van der Waals surface area contributed by atoms with Gasteiger partial charge in [-0.15, -0.1) is 0 Å². The molecular formula is C18H31N5O2. The number of nitrogens with one attached hydrogen (secondary N) is 1. The fourth-order valence-corrected chi connectivity index (χ4v) is 3.93. The lowest BCUT2D eigenvalue weighted by atomic mass is 9.98. The van der Waals surface area contributed by atoms with Crippen molar-refractivity contribution in [1.82, 2.24) is 25.3 Å². The fourth-order valence-electron chi connectivity index (χ4n) is 3.93. The van der Waals surface area contributed by atoms with Gasteiger partial charge in [0, 0.05) is 26.1 Å². The van der Waals surface area contributed by atoms with Gasteiger partial charge in [0.1, 0.15) is 0 Å². The Bertz CT molecular complexity index is 555. The Morgan fingerprint density at radius 3 is 2.88 bits per heavy atom. The molecule has 7 heteroatoms. The van der Waals surface area contributed by atoms with Crippen LogP contribution in [-0.2, 0) is 6.54 Å². The average Bonchev–Trinajstić information content (AvgIpc) is 3.31. The van der Waals surface area contributed by atoms with Crippen LogP contribution < -0.4 is 5.32 Å². The first-order chi connectivity index (χ1) is 12.2. The summed E-state index contributed by atoms with van der Waals surface area (Å²) in [6.45, 7) is 6.66. The molecule has 140 valence electrons. The maximum atomic E-state index is 12.3. The predicted octanol–water partition coefficient (Wildman–Crippen LogP) is 2.60. The first-order valence-electron chi connectivity index (χ1n) is 9.69. The molecule has 0 aromatic carbocycles. The zero-order valence-electron chi connectivity index (χ0n) is 15.5. The van der Waals surface area contributed by atoms with E-state index in [4.69, 9.17) is 4.52 Å². The van der Waals surface area contributed by atoms with Crippen molar-refractivity contribution >= 4 is 6.03 Å². The molecule has 1 saturated heterocycles. The van der Waals surface area contributed by atoms with Crippen molar-refractivity contribution in [3.8, 4) is 0 Å². The number of rotatable bonds is 6. The molecule has 0 unspecified atom stereocenters. The number of hydrogen-bond acceptors (Lipinski definition) is 5. The molecule has 1 aliphatic heterocycles. The summed E-state index contributed by atoms with van der Waals surface area (Å²) in [5.41, 5.74) is 0. The molecule has 1 atom stereocenters. The Kier molecular flexibility index (Phi) is 6.29. The van der Waals surface area contributed by atoms with E-state index >= 15 is 0 Å². The summed E-state index contributed by atoms with van der Waals surface area (Å²) in [5.74, 6) is 2.29. The lowest BCUT2D eigenvalue weighted by Gasteiger charge is -2.32. The monoisotopic (exact) mass is 349 g/mol. The van der Waals surface area contributed by atoms with Crippen LogP contribution in [0.2, 0.25) is 0 Å². The second-order valence-electron chi connectivity index (χ2n) is 7.47. The van der Waals surface area contributed by atoms with Gasteiger partial charge in [-0.05, 0) is 44.7 Å². The van der Waals surface area contributed by atoms with E-state index in [0.29, 0.717) is 24.2 Å². The Labute approximate surface area is 150 Å². The van der Waals surface area contributed by atoms with Crippen LogP contribution in [0.25, 0.3) is 0 Å². The van der Waals surface area contributed by atoms with Crippen LogP contribution in [0.3, 0.4) is 0 Å². The molecule has 2 aliphatic rings. The summed E-state index contributed by atoms with van der Waals surface area (Å²) in [6.07, 6.45) is 7.15. The Morgan fingerprint density at radius 1 is 1.32 bits per heavy atom. The highest BCUT2D eigenvalue weighted by Crippen LogP contribution is 2.32. The van der Waals surface area contributed by atoms with E-state index in [1.165, 1.54) is 32.2 Å². The molecule has 3 rings (SSSR count). The number of urea groups is 1. The van der Waals surface area contributed by atoms with Crippen molar-refractivity contribution in [3.05, 3.63) is 11.7 Å². The molecule has 1 saturated carbocycles. The number of piperidine rings is 1. The van der Waals surface area contributed by atoms with Gasteiger partial charge in [0.2, 0.25) is 5.89 Å². The molecule has 1 N–H and O–H groups in total. The molecule has 2 amide bonds. The van der Waals surface area contributed by atoms with Crippen LogP contribution in [0.1, 0.15) is 63.1 Å². The molecule has 0 radical (unpaired) electrons. The summed E-state index contributed by atoms with van der Waals surface area (Å²) in [5, 5.41) is 7.09. The summed E-state index contributed by atoms with van der Waals surface area (Å²) in [6, 6.07) is -0.0687. The van der Waals surface area contributed by atoms with Gasteiger partial charge >= 0.3 is 6.03 Å². The summed E-state index contributed by atoms with van der Waals surface area (Å²) in [7, 11) is 1.78. The first-order valence-corrected chi connectivity index (χ1v) is 9.69. The smallest absolute Gasteiger partial charge is 0.317 e. The van der Waals surface area contributed by atoms with E-state index in [-0.39, 0.29) is 6.03 Å². The topological polar surface area (TPSA) is 74.5 Å². The van der Waals surface area contributed by atoms with Crippen molar-refractivity contribution in [2.75, 3.05) is 33.2 Å². The minimum absolute atomic E-state index is 0.0687. The Morgan fingerprint density at radius 2 is 2.12 bits per heavy atom. The average molecular weight is 349 g/mol. The summed E-state index contributed by atoms with van der Waals surface area (Å²) >= 11 is 0. The van der Waals surface area contributed by atoms with Gasteiger partial charge in [0.15, 0.2) is 5.82 Å². The second kappa shape index (κ2) is 8.65. The minimum atomic E-state index is -0.0687. The number of hydrogen-bond donors (Lipinski definition) is 1.